The molecule has 2 bridgehead atoms. The molecule has 2 saturated heterocycles. The zero-order valence-electron chi connectivity index (χ0n) is 8.47. The van der Waals surface area contributed by atoms with Crippen LogP contribution in [0.4, 0.5) is 0 Å². The van der Waals surface area contributed by atoms with Gasteiger partial charge in [0.2, 0.25) is 0 Å². The average Bonchev–Trinajstić information content (AvgIpc) is 2.91. The van der Waals surface area contributed by atoms with Crippen LogP contribution in [0.3, 0.4) is 0 Å². The molecule has 2 fully saturated rings. The Labute approximate surface area is 84.7 Å². The SMILES string of the molecule is c1cnn(CCN2C3CCC2CC3)c1. The zero-order valence-corrected chi connectivity index (χ0v) is 8.47. The summed E-state index contributed by atoms with van der Waals surface area (Å²) in [6.45, 7) is 2.25. The van der Waals surface area contributed by atoms with Crippen LogP contribution in [0.25, 0.3) is 0 Å². The van der Waals surface area contributed by atoms with Gasteiger partial charge in [0.25, 0.3) is 0 Å². The van der Waals surface area contributed by atoms with Crippen molar-refractivity contribution < 1.29 is 0 Å². The molecule has 0 aromatic carbocycles. The highest BCUT2D eigenvalue weighted by Gasteiger charge is 2.38. The number of nitrogens with zero attached hydrogens (tertiary/aromatic N) is 3. The summed E-state index contributed by atoms with van der Waals surface area (Å²) in [6, 6.07) is 3.80. The van der Waals surface area contributed by atoms with Crippen LogP contribution in [0, 0.1) is 0 Å². The van der Waals surface area contributed by atoms with E-state index in [0.717, 1.165) is 18.6 Å². The summed E-state index contributed by atoms with van der Waals surface area (Å²) >= 11 is 0. The predicted molar refractivity (Wildman–Crippen MR) is 55.0 cm³/mol. The van der Waals surface area contributed by atoms with E-state index in [1.165, 1.54) is 32.2 Å². The molecule has 0 spiro atoms. The van der Waals surface area contributed by atoms with E-state index < -0.39 is 0 Å². The van der Waals surface area contributed by atoms with Gasteiger partial charge in [-0.1, -0.05) is 0 Å². The van der Waals surface area contributed by atoms with Gasteiger partial charge >= 0.3 is 0 Å². The molecule has 0 saturated carbocycles. The molecule has 0 unspecified atom stereocenters. The van der Waals surface area contributed by atoms with Crippen molar-refractivity contribution in [3.63, 3.8) is 0 Å². The minimum Gasteiger partial charge on any atom is -0.296 e. The molecular weight excluding hydrogens is 174 g/mol. The third-order valence-corrected chi connectivity index (χ3v) is 3.75. The molecular formula is C11H17N3. The highest BCUT2D eigenvalue weighted by molar-refractivity contribution is 4.94. The van der Waals surface area contributed by atoms with Crippen molar-refractivity contribution in [2.45, 2.75) is 44.3 Å². The predicted octanol–water partition coefficient (Wildman–Crippen LogP) is 1.51. The van der Waals surface area contributed by atoms with Crippen molar-refractivity contribution in [1.82, 2.24) is 14.7 Å². The van der Waals surface area contributed by atoms with Gasteiger partial charge in [-0.2, -0.15) is 5.10 Å². The lowest BCUT2D eigenvalue weighted by Gasteiger charge is -2.21. The van der Waals surface area contributed by atoms with Crippen LogP contribution in [-0.2, 0) is 6.54 Å². The summed E-state index contributed by atoms with van der Waals surface area (Å²) in [7, 11) is 0. The highest BCUT2D eigenvalue weighted by Crippen LogP contribution is 2.36. The zero-order chi connectivity index (χ0) is 9.38. The van der Waals surface area contributed by atoms with Crippen LogP contribution in [0.5, 0.6) is 0 Å². The van der Waals surface area contributed by atoms with E-state index in [9.17, 15) is 0 Å². The topological polar surface area (TPSA) is 21.1 Å². The van der Waals surface area contributed by atoms with Gasteiger partial charge in [-0.05, 0) is 31.7 Å². The van der Waals surface area contributed by atoms with Crippen LogP contribution in [-0.4, -0.2) is 33.3 Å². The molecule has 1 aromatic heterocycles. The largest absolute Gasteiger partial charge is 0.296 e. The Morgan fingerprint density at radius 2 is 1.79 bits per heavy atom. The van der Waals surface area contributed by atoms with Crippen LogP contribution in [0.15, 0.2) is 18.5 Å². The van der Waals surface area contributed by atoms with Crippen LogP contribution < -0.4 is 0 Å². The fourth-order valence-electron chi connectivity index (χ4n) is 3.04. The van der Waals surface area contributed by atoms with E-state index in [0.29, 0.717) is 0 Å². The van der Waals surface area contributed by atoms with Gasteiger partial charge in [-0.15, -0.1) is 0 Å². The molecule has 3 heteroatoms. The third kappa shape index (κ3) is 1.36. The Balaban J connectivity index is 1.58. The molecule has 3 nitrogen and oxygen atoms in total. The van der Waals surface area contributed by atoms with E-state index in [1.807, 2.05) is 16.9 Å². The fraction of sp³-hybridized carbons (Fsp3) is 0.727. The van der Waals surface area contributed by atoms with Crippen LogP contribution in [0.1, 0.15) is 25.7 Å². The monoisotopic (exact) mass is 191 g/mol. The van der Waals surface area contributed by atoms with Gasteiger partial charge in [0, 0.05) is 31.0 Å². The molecule has 0 N–H and O–H groups in total. The second-order valence-corrected chi connectivity index (χ2v) is 4.47. The Bertz CT molecular complexity index is 273. The maximum atomic E-state index is 4.24. The summed E-state index contributed by atoms with van der Waals surface area (Å²) in [5, 5.41) is 4.24. The van der Waals surface area contributed by atoms with Crippen molar-refractivity contribution in [1.29, 1.82) is 0 Å². The summed E-state index contributed by atoms with van der Waals surface area (Å²) in [5.74, 6) is 0. The van der Waals surface area contributed by atoms with Crippen molar-refractivity contribution in [3.8, 4) is 0 Å². The van der Waals surface area contributed by atoms with Gasteiger partial charge in [0.05, 0.1) is 6.54 Å². The summed E-state index contributed by atoms with van der Waals surface area (Å²) < 4.78 is 2.04. The minimum absolute atomic E-state index is 0.899. The third-order valence-electron chi connectivity index (χ3n) is 3.75. The van der Waals surface area contributed by atoms with Crippen LogP contribution >= 0.6 is 0 Å². The molecule has 14 heavy (non-hydrogen) atoms. The van der Waals surface area contributed by atoms with E-state index in [1.54, 1.807) is 0 Å². The molecule has 0 atom stereocenters. The normalized spacial score (nSPS) is 31.4. The number of hydrogen-bond acceptors (Lipinski definition) is 2. The second-order valence-electron chi connectivity index (χ2n) is 4.47. The Morgan fingerprint density at radius 3 is 2.36 bits per heavy atom. The van der Waals surface area contributed by atoms with E-state index in [2.05, 4.69) is 16.2 Å². The van der Waals surface area contributed by atoms with E-state index in [4.69, 9.17) is 0 Å². The summed E-state index contributed by atoms with van der Waals surface area (Å²) in [6.07, 6.45) is 9.65. The van der Waals surface area contributed by atoms with Gasteiger partial charge in [-0.3, -0.25) is 9.58 Å². The molecule has 76 valence electrons. The van der Waals surface area contributed by atoms with Gasteiger partial charge in [-0.25, -0.2) is 0 Å². The highest BCUT2D eigenvalue weighted by atomic mass is 15.3. The number of hydrogen-bond donors (Lipinski definition) is 0. The van der Waals surface area contributed by atoms with Gasteiger partial charge in [0.1, 0.15) is 0 Å². The molecule has 2 aliphatic rings. The van der Waals surface area contributed by atoms with Crippen molar-refractivity contribution >= 4 is 0 Å². The van der Waals surface area contributed by atoms with Crippen LogP contribution in [0.2, 0.25) is 0 Å². The summed E-state index contributed by atoms with van der Waals surface area (Å²) in [4.78, 5) is 2.70. The smallest absolute Gasteiger partial charge is 0.0536 e. The maximum absolute atomic E-state index is 4.24. The molecule has 0 radical (unpaired) electrons. The van der Waals surface area contributed by atoms with Gasteiger partial charge < -0.3 is 0 Å². The Hall–Kier alpha value is -0.830. The molecule has 3 rings (SSSR count). The number of aromatic nitrogens is 2. The van der Waals surface area contributed by atoms with Crippen molar-refractivity contribution in [2.24, 2.45) is 0 Å². The molecule has 3 heterocycles. The summed E-state index contributed by atoms with van der Waals surface area (Å²) in [5.41, 5.74) is 0. The molecule has 0 aliphatic carbocycles. The van der Waals surface area contributed by atoms with Gasteiger partial charge in [0.15, 0.2) is 0 Å². The fourth-order valence-corrected chi connectivity index (χ4v) is 3.04. The van der Waals surface area contributed by atoms with E-state index >= 15 is 0 Å². The van der Waals surface area contributed by atoms with E-state index in [-0.39, 0.29) is 0 Å². The first kappa shape index (κ1) is 8.48. The Morgan fingerprint density at radius 1 is 1.07 bits per heavy atom. The minimum atomic E-state index is 0.899. The maximum Gasteiger partial charge on any atom is 0.0536 e. The lowest BCUT2D eigenvalue weighted by atomic mass is 10.0. The first-order chi connectivity index (χ1) is 6.93. The lowest BCUT2D eigenvalue weighted by molar-refractivity contribution is 0.238. The first-order valence-electron chi connectivity index (χ1n) is 5.66. The molecule has 2 aliphatic heterocycles. The quantitative estimate of drug-likeness (QED) is 0.722. The number of rotatable bonds is 3. The average molecular weight is 191 g/mol. The Kier molecular flexibility index (Phi) is 2.05. The standard InChI is InChI=1S/C11H17N3/c1-6-12-13(7-1)8-9-14-10-2-3-11(14)5-4-10/h1,6-7,10-11H,2-5,8-9H2. The molecule has 1 aromatic rings. The lowest BCUT2D eigenvalue weighted by Crippen LogP contribution is -2.31. The number of fused-ring (bicyclic) bond motifs is 2. The first-order valence-corrected chi connectivity index (χ1v) is 5.66. The van der Waals surface area contributed by atoms with Crippen molar-refractivity contribution in [3.05, 3.63) is 18.5 Å². The second kappa shape index (κ2) is 3.39. The molecule has 0 amide bonds. The van der Waals surface area contributed by atoms with Crippen molar-refractivity contribution in [2.75, 3.05) is 6.54 Å².